The summed E-state index contributed by atoms with van der Waals surface area (Å²) in [5.41, 5.74) is -2.29. The third-order valence-corrected chi connectivity index (χ3v) is 6.96. The molecular weight excluding hydrogens is 422 g/mol. The van der Waals surface area contributed by atoms with Gasteiger partial charge in [-0.1, -0.05) is 31.5 Å². The van der Waals surface area contributed by atoms with Crippen molar-refractivity contribution in [1.82, 2.24) is 0 Å². The number of anilines is 1. The lowest BCUT2D eigenvalue weighted by atomic mass is 9.99. The zero-order valence-electron chi connectivity index (χ0n) is 16.2. The van der Waals surface area contributed by atoms with E-state index in [4.69, 9.17) is 0 Å². The highest BCUT2D eigenvalue weighted by Gasteiger charge is 2.48. The summed E-state index contributed by atoms with van der Waals surface area (Å²) in [6, 6.07) is 7.57. The van der Waals surface area contributed by atoms with E-state index in [1.807, 2.05) is 6.92 Å². The first-order valence-electron chi connectivity index (χ1n) is 9.47. The zero-order valence-corrected chi connectivity index (χ0v) is 17.0. The van der Waals surface area contributed by atoms with Crippen molar-refractivity contribution in [2.45, 2.75) is 49.4 Å². The number of benzene rings is 2. The SMILES string of the molecule is CCCC1(C(=O)Nc2ccc(S(=O)(=O)Cc3ccccc3F)c(C(F)(F)F)c2)CC1. The Bertz CT molecular complexity index is 1060. The normalized spacial score (nSPS) is 15.6. The van der Waals surface area contributed by atoms with Crippen LogP contribution in [0, 0.1) is 11.2 Å². The van der Waals surface area contributed by atoms with Gasteiger partial charge in [-0.05, 0) is 43.5 Å². The third-order valence-electron chi connectivity index (χ3n) is 5.25. The number of hydrogen-bond donors (Lipinski definition) is 1. The molecule has 1 amide bonds. The summed E-state index contributed by atoms with van der Waals surface area (Å²) in [7, 11) is -4.49. The first kappa shape index (κ1) is 22.3. The fourth-order valence-corrected chi connectivity index (χ4v) is 5.07. The first-order chi connectivity index (χ1) is 14.0. The van der Waals surface area contributed by atoms with E-state index in [0.717, 1.165) is 24.6 Å². The molecular formula is C21H21F4NO3S. The summed E-state index contributed by atoms with van der Waals surface area (Å²) in [5.74, 6) is -2.09. The minimum Gasteiger partial charge on any atom is -0.326 e. The number of amides is 1. The van der Waals surface area contributed by atoms with Crippen molar-refractivity contribution < 1.29 is 30.8 Å². The number of sulfone groups is 1. The second-order valence-electron chi connectivity index (χ2n) is 7.54. The van der Waals surface area contributed by atoms with Gasteiger partial charge in [0.15, 0.2) is 9.84 Å². The van der Waals surface area contributed by atoms with Crippen LogP contribution in [0.1, 0.15) is 43.7 Å². The Hall–Kier alpha value is -2.42. The number of carbonyl (C=O) groups is 1. The molecule has 0 unspecified atom stereocenters. The van der Waals surface area contributed by atoms with E-state index < -0.39 is 43.5 Å². The van der Waals surface area contributed by atoms with Crippen molar-refractivity contribution in [2.75, 3.05) is 5.32 Å². The number of carbonyl (C=O) groups excluding carboxylic acids is 1. The molecule has 0 atom stereocenters. The third kappa shape index (κ3) is 4.66. The van der Waals surface area contributed by atoms with Crippen molar-refractivity contribution in [2.24, 2.45) is 5.41 Å². The van der Waals surface area contributed by atoms with Crippen LogP contribution >= 0.6 is 0 Å². The van der Waals surface area contributed by atoms with Crippen LogP contribution in [0.25, 0.3) is 0 Å². The van der Waals surface area contributed by atoms with Crippen molar-refractivity contribution in [1.29, 1.82) is 0 Å². The molecule has 1 aliphatic carbocycles. The summed E-state index contributed by atoms with van der Waals surface area (Å²) < 4.78 is 80.0. The average molecular weight is 443 g/mol. The number of hydrogen-bond acceptors (Lipinski definition) is 3. The lowest BCUT2D eigenvalue weighted by molar-refractivity contribution is -0.139. The predicted molar refractivity (Wildman–Crippen MR) is 104 cm³/mol. The summed E-state index contributed by atoms with van der Waals surface area (Å²) in [4.78, 5) is 11.5. The number of halogens is 4. The van der Waals surface area contributed by atoms with Gasteiger partial charge in [0.2, 0.25) is 5.91 Å². The highest BCUT2D eigenvalue weighted by Crippen LogP contribution is 2.50. The van der Waals surface area contributed by atoms with E-state index in [9.17, 15) is 30.8 Å². The van der Waals surface area contributed by atoms with Gasteiger partial charge in [0.05, 0.1) is 16.2 Å². The second kappa shape index (κ2) is 8.02. The van der Waals surface area contributed by atoms with Crippen molar-refractivity contribution in [3.05, 3.63) is 59.4 Å². The molecule has 0 aliphatic heterocycles. The Morgan fingerprint density at radius 2 is 1.80 bits per heavy atom. The molecule has 2 aromatic rings. The maximum absolute atomic E-state index is 13.8. The monoisotopic (exact) mass is 443 g/mol. The van der Waals surface area contributed by atoms with E-state index in [1.165, 1.54) is 18.2 Å². The first-order valence-corrected chi connectivity index (χ1v) is 11.1. The molecule has 0 radical (unpaired) electrons. The quantitative estimate of drug-likeness (QED) is 0.588. The average Bonchev–Trinajstić information content (AvgIpc) is 3.44. The number of alkyl halides is 3. The van der Waals surface area contributed by atoms with Crippen LogP contribution in [-0.2, 0) is 26.6 Å². The van der Waals surface area contributed by atoms with Gasteiger partial charge in [-0.15, -0.1) is 0 Å². The molecule has 0 bridgehead atoms. The van der Waals surface area contributed by atoms with Gasteiger partial charge in [-0.3, -0.25) is 4.79 Å². The maximum Gasteiger partial charge on any atom is 0.417 e. The predicted octanol–water partition coefficient (Wildman–Crippen LogP) is 5.34. The van der Waals surface area contributed by atoms with E-state index in [2.05, 4.69) is 5.32 Å². The molecule has 0 aromatic heterocycles. The van der Waals surface area contributed by atoms with Crippen LogP contribution in [0.2, 0.25) is 0 Å². The van der Waals surface area contributed by atoms with Gasteiger partial charge < -0.3 is 5.32 Å². The largest absolute Gasteiger partial charge is 0.417 e. The Balaban J connectivity index is 1.94. The molecule has 1 saturated carbocycles. The highest BCUT2D eigenvalue weighted by atomic mass is 32.2. The summed E-state index contributed by atoms with van der Waals surface area (Å²) in [5, 5.41) is 2.49. The van der Waals surface area contributed by atoms with Gasteiger partial charge in [0.1, 0.15) is 5.82 Å². The minimum atomic E-state index is -4.97. The molecule has 1 aliphatic rings. The van der Waals surface area contributed by atoms with Gasteiger partial charge >= 0.3 is 6.18 Å². The van der Waals surface area contributed by atoms with Gasteiger partial charge in [-0.2, -0.15) is 13.2 Å². The Kier molecular flexibility index (Phi) is 5.95. The minimum absolute atomic E-state index is 0.125. The van der Waals surface area contributed by atoms with Gasteiger partial charge in [-0.25, -0.2) is 12.8 Å². The van der Waals surface area contributed by atoms with Crippen molar-refractivity contribution >= 4 is 21.4 Å². The molecule has 1 N–H and O–H groups in total. The molecule has 0 saturated heterocycles. The van der Waals surface area contributed by atoms with Crippen LogP contribution in [0.5, 0.6) is 0 Å². The topological polar surface area (TPSA) is 63.2 Å². The standard InChI is InChI=1S/C21H21F4NO3S/c1-2-9-20(10-11-20)19(27)26-15-7-8-18(16(12-15)21(23,24)25)30(28,29)13-14-5-3-4-6-17(14)22/h3-8,12H,2,9-11,13H2,1H3,(H,26,27). The van der Waals surface area contributed by atoms with Crippen LogP contribution < -0.4 is 5.32 Å². The molecule has 162 valence electrons. The van der Waals surface area contributed by atoms with E-state index >= 15 is 0 Å². The van der Waals surface area contributed by atoms with Crippen LogP contribution in [0.15, 0.2) is 47.4 Å². The van der Waals surface area contributed by atoms with E-state index in [-0.39, 0.29) is 17.2 Å². The van der Waals surface area contributed by atoms with Gasteiger partial charge in [0.25, 0.3) is 0 Å². The molecule has 3 rings (SSSR count). The summed E-state index contributed by atoms with van der Waals surface area (Å²) >= 11 is 0. The zero-order chi connectivity index (χ0) is 22.2. The summed E-state index contributed by atoms with van der Waals surface area (Å²) in [6.07, 6.45) is -2.21. The highest BCUT2D eigenvalue weighted by molar-refractivity contribution is 7.90. The Labute approximate surface area is 172 Å². The molecule has 2 aromatic carbocycles. The molecule has 1 fully saturated rings. The smallest absolute Gasteiger partial charge is 0.326 e. The van der Waals surface area contributed by atoms with Gasteiger partial charge in [0, 0.05) is 16.7 Å². The number of rotatable bonds is 7. The second-order valence-corrected chi connectivity index (χ2v) is 9.50. The summed E-state index contributed by atoms with van der Waals surface area (Å²) in [6.45, 7) is 1.92. The van der Waals surface area contributed by atoms with Crippen LogP contribution in [0.4, 0.5) is 23.2 Å². The van der Waals surface area contributed by atoms with E-state index in [1.54, 1.807) is 0 Å². The lowest BCUT2D eigenvalue weighted by Gasteiger charge is -2.18. The number of nitrogens with one attached hydrogen (secondary N) is 1. The van der Waals surface area contributed by atoms with Crippen LogP contribution in [0.3, 0.4) is 0 Å². The molecule has 4 nitrogen and oxygen atoms in total. The van der Waals surface area contributed by atoms with Crippen LogP contribution in [-0.4, -0.2) is 14.3 Å². The molecule has 0 spiro atoms. The van der Waals surface area contributed by atoms with E-state index in [0.29, 0.717) is 25.3 Å². The molecule has 0 heterocycles. The van der Waals surface area contributed by atoms with Crippen molar-refractivity contribution in [3.63, 3.8) is 0 Å². The molecule has 30 heavy (non-hydrogen) atoms. The fraction of sp³-hybridized carbons (Fsp3) is 0.381. The van der Waals surface area contributed by atoms with Crippen molar-refractivity contribution in [3.8, 4) is 0 Å². The molecule has 9 heteroatoms. The lowest BCUT2D eigenvalue weighted by Crippen LogP contribution is -2.24. The Morgan fingerprint density at radius 3 is 2.37 bits per heavy atom. The fourth-order valence-electron chi connectivity index (χ4n) is 3.48. The maximum atomic E-state index is 13.8. The Morgan fingerprint density at radius 1 is 1.13 bits per heavy atom.